The van der Waals surface area contributed by atoms with Gasteiger partial charge in [-0.1, -0.05) is 11.6 Å². The lowest BCUT2D eigenvalue weighted by atomic mass is 10.2. The predicted octanol–water partition coefficient (Wildman–Crippen LogP) is 2.50. The van der Waals surface area contributed by atoms with E-state index in [1.54, 1.807) is 5.38 Å². The van der Waals surface area contributed by atoms with E-state index in [0.717, 1.165) is 12.1 Å². The Morgan fingerprint density at radius 3 is 2.86 bits per heavy atom. The van der Waals surface area contributed by atoms with Crippen molar-refractivity contribution in [2.24, 2.45) is 0 Å². The third-order valence-corrected chi connectivity index (χ3v) is 3.41. The average molecular weight is 342 g/mol. The number of nitro groups is 1. The summed E-state index contributed by atoms with van der Waals surface area (Å²) in [4.78, 5) is 37.2. The number of aromatic nitrogens is 1. The van der Waals surface area contributed by atoms with E-state index in [1.807, 2.05) is 0 Å². The van der Waals surface area contributed by atoms with E-state index in [2.05, 4.69) is 10.3 Å². The number of hydrogen-bond donors (Lipinski definition) is 1. The van der Waals surface area contributed by atoms with Crippen LogP contribution in [0.5, 0.6) is 0 Å². The summed E-state index contributed by atoms with van der Waals surface area (Å²) in [6.45, 7) is -0.558. The van der Waals surface area contributed by atoms with E-state index in [1.165, 1.54) is 23.6 Å². The molecule has 8 nitrogen and oxygen atoms in total. The van der Waals surface area contributed by atoms with Gasteiger partial charge in [-0.05, 0) is 6.07 Å². The van der Waals surface area contributed by atoms with Crippen molar-refractivity contribution in [2.75, 3.05) is 11.9 Å². The first-order chi connectivity index (χ1) is 10.5. The number of rotatable bonds is 5. The number of ether oxygens (including phenoxy) is 1. The number of esters is 1. The third kappa shape index (κ3) is 3.99. The van der Waals surface area contributed by atoms with Gasteiger partial charge in [0.2, 0.25) is 0 Å². The van der Waals surface area contributed by atoms with Crippen molar-refractivity contribution in [3.05, 3.63) is 50.5 Å². The zero-order valence-corrected chi connectivity index (χ0v) is 12.4. The molecule has 1 aromatic carbocycles. The van der Waals surface area contributed by atoms with Gasteiger partial charge in [0.1, 0.15) is 0 Å². The molecule has 0 unspecified atom stereocenters. The first kappa shape index (κ1) is 15.9. The number of nitrogens with one attached hydrogen (secondary N) is 1. The van der Waals surface area contributed by atoms with Gasteiger partial charge in [0.25, 0.3) is 11.6 Å². The van der Waals surface area contributed by atoms with E-state index in [4.69, 9.17) is 16.3 Å². The summed E-state index contributed by atoms with van der Waals surface area (Å²) in [6, 6.07) is 3.36. The molecule has 0 bridgehead atoms. The van der Waals surface area contributed by atoms with Gasteiger partial charge < -0.3 is 4.74 Å². The molecule has 0 radical (unpaired) electrons. The monoisotopic (exact) mass is 341 g/mol. The second kappa shape index (κ2) is 6.96. The third-order valence-electron chi connectivity index (χ3n) is 2.39. The molecule has 1 N–H and O–H groups in total. The van der Waals surface area contributed by atoms with Gasteiger partial charge in [0.15, 0.2) is 11.7 Å². The minimum Gasteiger partial charge on any atom is -0.452 e. The molecule has 114 valence electrons. The topological polar surface area (TPSA) is 111 Å². The number of benzene rings is 1. The molecule has 1 heterocycles. The Bertz CT molecular complexity index is 720. The van der Waals surface area contributed by atoms with Gasteiger partial charge in [0.05, 0.1) is 15.5 Å². The highest BCUT2D eigenvalue weighted by Gasteiger charge is 2.18. The van der Waals surface area contributed by atoms with Crippen molar-refractivity contribution in [1.82, 2.24) is 4.98 Å². The minimum atomic E-state index is -0.928. The Hall–Kier alpha value is -2.52. The first-order valence-electron chi connectivity index (χ1n) is 5.78. The maximum absolute atomic E-state index is 11.8. The van der Waals surface area contributed by atoms with Crippen LogP contribution in [0.15, 0.2) is 29.8 Å². The summed E-state index contributed by atoms with van der Waals surface area (Å²) in [5.41, 5.74) is -0.485. The molecule has 0 aliphatic heterocycles. The van der Waals surface area contributed by atoms with Crippen molar-refractivity contribution in [3.8, 4) is 0 Å². The number of amides is 1. The number of carbonyl (C=O) groups excluding carboxylic acids is 2. The second-order valence-electron chi connectivity index (χ2n) is 3.88. The van der Waals surface area contributed by atoms with E-state index in [9.17, 15) is 19.7 Å². The van der Waals surface area contributed by atoms with Crippen LogP contribution in [0.25, 0.3) is 0 Å². The molecular formula is C12H8ClN3O5S. The van der Waals surface area contributed by atoms with Crippen LogP contribution < -0.4 is 5.32 Å². The molecule has 0 spiro atoms. The molecule has 0 atom stereocenters. The van der Waals surface area contributed by atoms with Gasteiger partial charge in [-0.25, -0.2) is 9.78 Å². The van der Waals surface area contributed by atoms with Crippen LogP contribution in [-0.4, -0.2) is 28.4 Å². The summed E-state index contributed by atoms with van der Waals surface area (Å²) >= 11 is 7.00. The van der Waals surface area contributed by atoms with Gasteiger partial charge in [0, 0.05) is 23.7 Å². The standard InChI is InChI=1S/C12H8ClN3O5S/c13-9-2-1-7(16(19)20)5-8(9)11(18)21-6-10(17)15-12-14-3-4-22-12/h1-5H,6H2,(H,14,15,17). The molecule has 10 heteroatoms. The highest BCUT2D eigenvalue weighted by Crippen LogP contribution is 2.22. The Morgan fingerprint density at radius 2 is 2.23 bits per heavy atom. The van der Waals surface area contributed by atoms with Crippen LogP contribution in [-0.2, 0) is 9.53 Å². The lowest BCUT2D eigenvalue weighted by Gasteiger charge is -2.06. The number of hydrogen-bond acceptors (Lipinski definition) is 7. The molecule has 1 aromatic heterocycles. The van der Waals surface area contributed by atoms with Crippen LogP contribution in [0.2, 0.25) is 5.02 Å². The van der Waals surface area contributed by atoms with Crippen molar-refractivity contribution in [1.29, 1.82) is 0 Å². The summed E-state index contributed by atoms with van der Waals surface area (Å²) in [7, 11) is 0. The minimum absolute atomic E-state index is 0.00377. The number of anilines is 1. The van der Waals surface area contributed by atoms with Crippen molar-refractivity contribution < 1.29 is 19.2 Å². The highest BCUT2D eigenvalue weighted by molar-refractivity contribution is 7.13. The quantitative estimate of drug-likeness (QED) is 0.508. The van der Waals surface area contributed by atoms with Gasteiger partial charge in [-0.2, -0.15) is 0 Å². The second-order valence-corrected chi connectivity index (χ2v) is 5.18. The Labute approximate surface area is 132 Å². The van der Waals surface area contributed by atoms with Crippen LogP contribution in [0.4, 0.5) is 10.8 Å². The molecule has 0 aliphatic carbocycles. The molecule has 0 aliphatic rings. The molecule has 2 rings (SSSR count). The summed E-state index contributed by atoms with van der Waals surface area (Å²) in [5, 5.41) is 15.1. The largest absolute Gasteiger partial charge is 0.452 e. The highest BCUT2D eigenvalue weighted by atomic mass is 35.5. The Balaban J connectivity index is 1.98. The Kier molecular flexibility index (Phi) is 5.02. The zero-order chi connectivity index (χ0) is 16.1. The molecule has 22 heavy (non-hydrogen) atoms. The van der Waals surface area contributed by atoms with E-state index < -0.39 is 23.4 Å². The fraction of sp³-hybridized carbons (Fsp3) is 0.0833. The number of halogens is 1. The molecule has 0 saturated heterocycles. The maximum Gasteiger partial charge on any atom is 0.340 e. The fourth-order valence-corrected chi connectivity index (χ4v) is 2.17. The van der Waals surface area contributed by atoms with Crippen LogP contribution >= 0.6 is 22.9 Å². The number of non-ortho nitro benzene ring substituents is 1. The molecule has 0 fully saturated rings. The van der Waals surface area contributed by atoms with E-state index in [0.29, 0.717) is 5.13 Å². The fourth-order valence-electron chi connectivity index (χ4n) is 1.43. The van der Waals surface area contributed by atoms with Gasteiger partial charge >= 0.3 is 5.97 Å². The predicted molar refractivity (Wildman–Crippen MR) is 79.1 cm³/mol. The van der Waals surface area contributed by atoms with E-state index in [-0.39, 0.29) is 16.3 Å². The van der Waals surface area contributed by atoms with Gasteiger partial charge in [-0.3, -0.25) is 20.2 Å². The SMILES string of the molecule is O=C(COC(=O)c1cc([N+](=O)[O-])ccc1Cl)Nc1nccs1. The first-order valence-corrected chi connectivity index (χ1v) is 7.03. The van der Waals surface area contributed by atoms with Crippen molar-refractivity contribution in [2.45, 2.75) is 0 Å². The summed E-state index contributed by atoms with van der Waals surface area (Å²) in [6.07, 6.45) is 1.51. The lowest BCUT2D eigenvalue weighted by molar-refractivity contribution is -0.384. The van der Waals surface area contributed by atoms with Crippen LogP contribution in [0.1, 0.15) is 10.4 Å². The smallest absolute Gasteiger partial charge is 0.340 e. The number of nitro benzene ring substituents is 1. The lowest BCUT2D eigenvalue weighted by Crippen LogP contribution is -2.21. The van der Waals surface area contributed by atoms with Crippen LogP contribution in [0, 0.1) is 10.1 Å². The molecule has 0 saturated carbocycles. The van der Waals surface area contributed by atoms with Crippen molar-refractivity contribution >= 4 is 45.6 Å². The maximum atomic E-state index is 11.8. The van der Waals surface area contributed by atoms with Crippen LogP contribution in [0.3, 0.4) is 0 Å². The number of thiazole rings is 1. The molecule has 1 amide bonds. The zero-order valence-electron chi connectivity index (χ0n) is 10.8. The molecular weight excluding hydrogens is 334 g/mol. The summed E-state index contributed by atoms with van der Waals surface area (Å²) in [5.74, 6) is -1.51. The number of nitrogens with zero attached hydrogens (tertiary/aromatic N) is 2. The summed E-state index contributed by atoms with van der Waals surface area (Å²) < 4.78 is 4.77. The number of carbonyl (C=O) groups is 2. The molecule has 2 aromatic rings. The van der Waals surface area contributed by atoms with E-state index >= 15 is 0 Å². The van der Waals surface area contributed by atoms with Gasteiger partial charge in [-0.15, -0.1) is 11.3 Å². The Morgan fingerprint density at radius 1 is 1.45 bits per heavy atom. The van der Waals surface area contributed by atoms with Crippen molar-refractivity contribution in [3.63, 3.8) is 0 Å². The normalized spacial score (nSPS) is 10.0. The average Bonchev–Trinajstić information content (AvgIpc) is 2.97.